The van der Waals surface area contributed by atoms with Crippen LogP contribution in [0.25, 0.3) is 10.9 Å². The highest BCUT2D eigenvalue weighted by Gasteiger charge is 2.24. The lowest BCUT2D eigenvalue weighted by Gasteiger charge is -2.29. The molecular weight excluding hydrogens is 456 g/mol. The van der Waals surface area contributed by atoms with E-state index in [4.69, 9.17) is 26.2 Å². The van der Waals surface area contributed by atoms with E-state index in [9.17, 15) is 0 Å². The average Bonchev–Trinajstić information content (AvgIpc) is 2.89. The Labute approximate surface area is 203 Å². The van der Waals surface area contributed by atoms with Gasteiger partial charge < -0.3 is 25.2 Å². The van der Waals surface area contributed by atoms with Crippen LogP contribution in [0.5, 0.6) is 0 Å². The molecule has 0 atom stereocenters. The van der Waals surface area contributed by atoms with Gasteiger partial charge in [-0.2, -0.15) is 0 Å². The van der Waals surface area contributed by atoms with Gasteiger partial charge in [0.2, 0.25) is 5.95 Å². The van der Waals surface area contributed by atoms with Gasteiger partial charge >= 0.3 is 0 Å². The molecule has 0 spiro atoms. The number of ether oxygens (including phenoxy) is 2. The first-order valence-corrected chi connectivity index (χ1v) is 12.1. The summed E-state index contributed by atoms with van der Waals surface area (Å²) in [6.07, 6.45) is 9.10. The number of hydrogen-bond donors (Lipinski definition) is 3. The van der Waals surface area contributed by atoms with Crippen LogP contribution in [0.3, 0.4) is 0 Å². The van der Waals surface area contributed by atoms with E-state index in [1.165, 1.54) is 0 Å². The number of rotatable bonds is 7. The van der Waals surface area contributed by atoms with Gasteiger partial charge in [0.15, 0.2) is 11.4 Å². The fraction of sp³-hybridized carbons (Fsp3) is 0.500. The van der Waals surface area contributed by atoms with Gasteiger partial charge in [-0.05, 0) is 49.8 Å². The molecule has 2 fully saturated rings. The van der Waals surface area contributed by atoms with Gasteiger partial charge in [-0.15, -0.1) is 0 Å². The van der Waals surface area contributed by atoms with E-state index in [0.29, 0.717) is 36.3 Å². The molecular formula is C24H29ClN6O3. The number of halogens is 1. The largest absolute Gasteiger partial charge is 0.396 e. The predicted molar refractivity (Wildman–Crippen MR) is 130 cm³/mol. The van der Waals surface area contributed by atoms with Gasteiger partial charge in [0, 0.05) is 48.0 Å². The molecule has 1 aliphatic heterocycles. The second kappa shape index (κ2) is 10.8. The lowest BCUT2D eigenvalue weighted by molar-refractivity contribution is -0.209. The number of aromatic nitrogens is 4. The fourth-order valence-corrected chi connectivity index (χ4v) is 4.65. The number of nitrogens with one attached hydrogen (secondary N) is 2. The topological polar surface area (TPSA) is 114 Å². The molecule has 3 aromatic heterocycles. The lowest BCUT2D eigenvalue weighted by Crippen LogP contribution is -2.30. The third kappa shape index (κ3) is 5.55. The minimum Gasteiger partial charge on any atom is -0.396 e. The first-order valence-electron chi connectivity index (χ1n) is 11.8. The number of pyridine rings is 2. The Kier molecular flexibility index (Phi) is 7.34. The molecule has 2 aliphatic rings. The summed E-state index contributed by atoms with van der Waals surface area (Å²) in [5.74, 6) is 2.06. The van der Waals surface area contributed by atoms with Crippen LogP contribution in [0.2, 0.25) is 5.15 Å². The summed E-state index contributed by atoms with van der Waals surface area (Å²) < 4.78 is 11.3. The zero-order chi connectivity index (χ0) is 23.3. The first-order chi connectivity index (χ1) is 16.7. The van der Waals surface area contributed by atoms with Crippen molar-refractivity contribution in [1.82, 2.24) is 19.9 Å². The molecule has 3 aromatic rings. The standard InChI is InChI=1S/C24H29ClN6O3/c25-22-21-17(7-8-26-22)3-6-20(31-21)30-19-4-1-15(2-5-19)9-27-24-28-10-18(11-29-24)23-33-13-16(12-32)14-34-23/h3,6-8,10-11,15-16,19,23,32H,1-2,4-5,9,12-14H2,(H,30,31)(H,27,28,29). The Morgan fingerprint density at radius 3 is 2.47 bits per heavy atom. The van der Waals surface area contributed by atoms with Crippen molar-refractivity contribution >= 4 is 34.3 Å². The molecule has 34 heavy (non-hydrogen) atoms. The lowest BCUT2D eigenvalue weighted by atomic mass is 9.86. The third-order valence-electron chi connectivity index (χ3n) is 6.48. The molecule has 10 heteroatoms. The third-order valence-corrected chi connectivity index (χ3v) is 6.76. The highest BCUT2D eigenvalue weighted by Crippen LogP contribution is 2.28. The molecule has 0 aromatic carbocycles. The molecule has 0 amide bonds. The van der Waals surface area contributed by atoms with Gasteiger partial charge in [0.25, 0.3) is 0 Å². The van der Waals surface area contributed by atoms with Gasteiger partial charge in [0.1, 0.15) is 11.3 Å². The monoisotopic (exact) mass is 484 g/mol. The molecule has 0 bridgehead atoms. The minimum atomic E-state index is -0.469. The second-order valence-corrected chi connectivity index (χ2v) is 9.36. The number of aliphatic hydroxyl groups is 1. The van der Waals surface area contributed by atoms with Gasteiger partial charge in [-0.1, -0.05) is 11.6 Å². The van der Waals surface area contributed by atoms with E-state index in [-0.39, 0.29) is 12.5 Å². The summed E-state index contributed by atoms with van der Waals surface area (Å²) in [6, 6.07) is 6.34. The van der Waals surface area contributed by atoms with Crippen molar-refractivity contribution in [2.45, 2.75) is 38.0 Å². The summed E-state index contributed by atoms with van der Waals surface area (Å²) in [4.78, 5) is 17.6. The average molecular weight is 485 g/mol. The fourth-order valence-electron chi connectivity index (χ4n) is 4.44. The summed E-state index contributed by atoms with van der Waals surface area (Å²) >= 11 is 6.20. The molecule has 0 radical (unpaired) electrons. The Bertz CT molecular complexity index is 1090. The zero-order valence-corrected chi connectivity index (χ0v) is 19.6. The maximum Gasteiger partial charge on any atom is 0.222 e. The smallest absolute Gasteiger partial charge is 0.222 e. The number of fused-ring (bicyclic) bond motifs is 1. The van der Waals surface area contributed by atoms with Crippen LogP contribution in [0.15, 0.2) is 36.8 Å². The summed E-state index contributed by atoms with van der Waals surface area (Å²) in [5, 5.41) is 17.5. The summed E-state index contributed by atoms with van der Waals surface area (Å²) in [7, 11) is 0. The highest BCUT2D eigenvalue weighted by atomic mass is 35.5. The second-order valence-electron chi connectivity index (χ2n) is 9.00. The van der Waals surface area contributed by atoms with Crippen molar-refractivity contribution in [1.29, 1.82) is 0 Å². The van der Waals surface area contributed by atoms with Crippen molar-refractivity contribution in [3.05, 3.63) is 47.5 Å². The maximum atomic E-state index is 9.17. The van der Waals surface area contributed by atoms with Crippen LogP contribution in [-0.2, 0) is 9.47 Å². The molecule has 5 rings (SSSR count). The summed E-state index contributed by atoms with van der Waals surface area (Å²) in [5.41, 5.74) is 1.52. The van der Waals surface area contributed by atoms with E-state index in [1.54, 1.807) is 18.6 Å². The Morgan fingerprint density at radius 1 is 0.971 bits per heavy atom. The SMILES string of the molecule is OCC1COC(c2cnc(NCC3CCC(Nc4ccc5ccnc(Cl)c5n4)CC3)nc2)OC1. The van der Waals surface area contributed by atoms with Crippen LogP contribution in [0, 0.1) is 11.8 Å². The number of anilines is 2. The normalized spacial score (nSPS) is 25.2. The Morgan fingerprint density at radius 2 is 1.74 bits per heavy atom. The van der Waals surface area contributed by atoms with Crippen molar-refractivity contribution < 1.29 is 14.6 Å². The van der Waals surface area contributed by atoms with Gasteiger partial charge in [-0.3, -0.25) is 0 Å². The summed E-state index contributed by atoms with van der Waals surface area (Å²) in [6.45, 7) is 1.86. The number of hydrogen-bond acceptors (Lipinski definition) is 9. The van der Waals surface area contributed by atoms with E-state index >= 15 is 0 Å². The van der Waals surface area contributed by atoms with Gasteiger partial charge in [0.05, 0.1) is 19.8 Å². The van der Waals surface area contributed by atoms with E-state index in [1.807, 2.05) is 18.2 Å². The van der Waals surface area contributed by atoms with Gasteiger partial charge in [-0.25, -0.2) is 19.9 Å². The molecule has 4 heterocycles. The molecule has 180 valence electrons. The Hall–Kier alpha value is -2.59. The van der Waals surface area contributed by atoms with E-state index in [0.717, 1.165) is 54.5 Å². The van der Waals surface area contributed by atoms with Crippen LogP contribution in [0.4, 0.5) is 11.8 Å². The minimum absolute atomic E-state index is 0.0306. The van der Waals surface area contributed by atoms with Crippen LogP contribution >= 0.6 is 11.6 Å². The molecule has 1 saturated carbocycles. The van der Waals surface area contributed by atoms with E-state index in [2.05, 4.69) is 30.6 Å². The quantitative estimate of drug-likeness (QED) is 0.430. The zero-order valence-electron chi connectivity index (χ0n) is 18.9. The molecule has 3 N–H and O–H groups in total. The first kappa shape index (κ1) is 23.2. The number of aliphatic hydroxyl groups excluding tert-OH is 1. The highest BCUT2D eigenvalue weighted by molar-refractivity contribution is 6.33. The maximum absolute atomic E-state index is 9.17. The van der Waals surface area contributed by atoms with Crippen molar-refractivity contribution in [2.75, 3.05) is 37.0 Å². The molecule has 0 unspecified atom stereocenters. The molecule has 9 nitrogen and oxygen atoms in total. The van der Waals surface area contributed by atoms with Crippen molar-refractivity contribution in [3.8, 4) is 0 Å². The Balaban J connectivity index is 1.07. The van der Waals surface area contributed by atoms with Crippen molar-refractivity contribution in [2.24, 2.45) is 11.8 Å². The van der Waals surface area contributed by atoms with Crippen molar-refractivity contribution in [3.63, 3.8) is 0 Å². The molecule has 1 aliphatic carbocycles. The van der Waals surface area contributed by atoms with Crippen LogP contribution < -0.4 is 10.6 Å². The van der Waals surface area contributed by atoms with Crippen LogP contribution in [0.1, 0.15) is 37.5 Å². The van der Waals surface area contributed by atoms with E-state index < -0.39 is 6.29 Å². The van der Waals surface area contributed by atoms with Crippen LogP contribution in [-0.4, -0.2) is 57.4 Å². The number of nitrogens with zero attached hydrogens (tertiary/aromatic N) is 4. The predicted octanol–water partition coefficient (Wildman–Crippen LogP) is 3.81. The molecule has 1 saturated heterocycles.